The molecule has 1 aromatic carbocycles. The summed E-state index contributed by atoms with van der Waals surface area (Å²) >= 11 is 1.21. The third-order valence-electron chi connectivity index (χ3n) is 4.13. The first-order chi connectivity index (χ1) is 12.6. The lowest BCUT2D eigenvalue weighted by Gasteiger charge is -2.18. The average molecular weight is 372 g/mol. The van der Waals surface area contributed by atoms with Crippen molar-refractivity contribution in [2.45, 2.75) is 13.8 Å². The Morgan fingerprint density at radius 2 is 2.12 bits per heavy atom. The summed E-state index contributed by atoms with van der Waals surface area (Å²) in [6, 6.07) is 5.47. The number of hydrogen-bond donors (Lipinski definition) is 0. The van der Waals surface area contributed by atoms with Crippen molar-refractivity contribution >= 4 is 28.6 Å². The third kappa shape index (κ3) is 2.53. The lowest BCUT2D eigenvalue weighted by atomic mass is 10.1. The van der Waals surface area contributed by atoms with Crippen LogP contribution in [0.15, 0.2) is 18.2 Å². The zero-order chi connectivity index (χ0) is 18.3. The molecule has 2 aromatic heterocycles. The summed E-state index contributed by atoms with van der Waals surface area (Å²) in [4.78, 5) is 29.5. The standard InChI is InChI=1S/C18H16N2O5S/c1-3-23-17(22)16-10(2)20-12(9-21)15(19-18(20)26-16)11-4-5-13-14(8-11)25-7-6-24-13/h4-5,8-9H,3,6-7H2,1-2H3. The number of fused-ring (bicyclic) bond motifs is 2. The smallest absolute Gasteiger partial charge is 0.350 e. The molecule has 1 aliphatic rings. The lowest BCUT2D eigenvalue weighted by molar-refractivity contribution is 0.0530. The van der Waals surface area contributed by atoms with Gasteiger partial charge in [-0.3, -0.25) is 9.20 Å². The number of thiazole rings is 1. The Hall–Kier alpha value is -2.87. The molecule has 4 rings (SSSR count). The van der Waals surface area contributed by atoms with Crippen LogP contribution in [-0.4, -0.2) is 41.5 Å². The molecule has 8 heteroatoms. The SMILES string of the molecule is CCOC(=O)c1sc2nc(-c3ccc4c(c3)OCCO4)c(C=O)n2c1C. The van der Waals surface area contributed by atoms with E-state index >= 15 is 0 Å². The van der Waals surface area contributed by atoms with Gasteiger partial charge in [-0.25, -0.2) is 9.78 Å². The van der Waals surface area contributed by atoms with Crippen LogP contribution in [0, 0.1) is 6.92 Å². The van der Waals surface area contributed by atoms with Crippen molar-refractivity contribution in [3.8, 4) is 22.8 Å². The van der Waals surface area contributed by atoms with Gasteiger partial charge in [-0.2, -0.15) is 0 Å². The Balaban J connectivity index is 1.84. The minimum absolute atomic E-state index is 0.293. The molecule has 0 spiro atoms. The predicted octanol–water partition coefficient (Wildman–Crippen LogP) is 3.13. The van der Waals surface area contributed by atoms with Crippen molar-refractivity contribution in [2.24, 2.45) is 0 Å². The van der Waals surface area contributed by atoms with Crippen molar-refractivity contribution in [3.63, 3.8) is 0 Å². The molecule has 0 aliphatic carbocycles. The highest BCUT2D eigenvalue weighted by Gasteiger charge is 2.24. The number of imidazole rings is 1. The van der Waals surface area contributed by atoms with Gasteiger partial charge in [0.05, 0.1) is 6.61 Å². The van der Waals surface area contributed by atoms with Crippen LogP contribution >= 0.6 is 11.3 Å². The molecule has 3 aromatic rings. The molecule has 0 atom stereocenters. The van der Waals surface area contributed by atoms with Gasteiger partial charge in [0, 0.05) is 11.3 Å². The van der Waals surface area contributed by atoms with Gasteiger partial charge in [0.2, 0.25) is 0 Å². The minimum Gasteiger partial charge on any atom is -0.486 e. The summed E-state index contributed by atoms with van der Waals surface area (Å²) in [5, 5.41) is 0. The molecule has 0 saturated heterocycles. The highest BCUT2D eigenvalue weighted by molar-refractivity contribution is 7.19. The number of aromatic nitrogens is 2. The molecule has 0 radical (unpaired) electrons. The molecular formula is C18H16N2O5S. The summed E-state index contributed by atoms with van der Waals surface area (Å²) in [6.45, 7) is 4.82. The van der Waals surface area contributed by atoms with E-state index < -0.39 is 5.97 Å². The molecule has 7 nitrogen and oxygen atoms in total. The molecule has 0 unspecified atom stereocenters. The number of rotatable bonds is 4. The van der Waals surface area contributed by atoms with Gasteiger partial charge in [0.15, 0.2) is 22.7 Å². The van der Waals surface area contributed by atoms with Crippen LogP contribution in [0.4, 0.5) is 0 Å². The molecular weight excluding hydrogens is 356 g/mol. The predicted molar refractivity (Wildman–Crippen MR) is 95.6 cm³/mol. The number of esters is 1. The fourth-order valence-corrected chi connectivity index (χ4v) is 4.00. The quantitative estimate of drug-likeness (QED) is 0.517. The molecule has 26 heavy (non-hydrogen) atoms. The first-order valence-electron chi connectivity index (χ1n) is 8.18. The van der Waals surface area contributed by atoms with Gasteiger partial charge in [-0.15, -0.1) is 0 Å². The highest BCUT2D eigenvalue weighted by atomic mass is 32.1. The van der Waals surface area contributed by atoms with Crippen molar-refractivity contribution in [3.05, 3.63) is 34.5 Å². The Bertz CT molecular complexity index is 1020. The maximum Gasteiger partial charge on any atom is 0.350 e. The van der Waals surface area contributed by atoms with Crippen LogP contribution in [0.2, 0.25) is 0 Å². The van der Waals surface area contributed by atoms with Gasteiger partial charge < -0.3 is 14.2 Å². The van der Waals surface area contributed by atoms with Crippen molar-refractivity contribution < 1.29 is 23.8 Å². The second-order valence-corrected chi connectivity index (χ2v) is 6.65. The van der Waals surface area contributed by atoms with Gasteiger partial charge in [0.1, 0.15) is 29.5 Å². The van der Waals surface area contributed by atoms with E-state index in [9.17, 15) is 9.59 Å². The van der Waals surface area contributed by atoms with E-state index in [1.807, 2.05) is 18.2 Å². The highest BCUT2D eigenvalue weighted by Crippen LogP contribution is 2.36. The summed E-state index contributed by atoms with van der Waals surface area (Å²) < 4.78 is 17.9. The fourth-order valence-electron chi connectivity index (χ4n) is 2.97. The molecule has 3 heterocycles. The lowest BCUT2D eigenvalue weighted by Crippen LogP contribution is -2.15. The summed E-state index contributed by atoms with van der Waals surface area (Å²) in [5.41, 5.74) is 2.33. The van der Waals surface area contributed by atoms with Gasteiger partial charge in [0.25, 0.3) is 0 Å². The number of aldehydes is 1. The van der Waals surface area contributed by atoms with Crippen LogP contribution in [0.5, 0.6) is 11.5 Å². The van der Waals surface area contributed by atoms with Crippen molar-refractivity contribution in [2.75, 3.05) is 19.8 Å². The molecule has 134 valence electrons. The maximum atomic E-state index is 12.1. The normalized spacial score (nSPS) is 13.0. The molecule has 0 N–H and O–H groups in total. The van der Waals surface area contributed by atoms with E-state index in [-0.39, 0.29) is 0 Å². The largest absolute Gasteiger partial charge is 0.486 e. The minimum atomic E-state index is -0.404. The van der Waals surface area contributed by atoms with Crippen LogP contribution in [0.1, 0.15) is 32.8 Å². The van der Waals surface area contributed by atoms with E-state index in [2.05, 4.69) is 4.98 Å². The number of ether oxygens (including phenoxy) is 3. The van der Waals surface area contributed by atoms with E-state index in [4.69, 9.17) is 14.2 Å². The first-order valence-corrected chi connectivity index (χ1v) is 8.99. The van der Waals surface area contributed by atoms with Crippen molar-refractivity contribution in [1.29, 1.82) is 0 Å². The molecule has 0 amide bonds. The Morgan fingerprint density at radius 1 is 1.35 bits per heavy atom. The third-order valence-corrected chi connectivity index (χ3v) is 5.25. The van der Waals surface area contributed by atoms with Crippen LogP contribution in [0.25, 0.3) is 16.2 Å². The maximum absolute atomic E-state index is 12.1. The second-order valence-electron chi connectivity index (χ2n) is 5.68. The van der Waals surface area contributed by atoms with Gasteiger partial charge >= 0.3 is 5.97 Å². The number of benzene rings is 1. The molecule has 0 bridgehead atoms. The molecule has 0 fully saturated rings. The number of carbonyl (C=O) groups excluding carboxylic acids is 2. The number of nitrogens with zero attached hydrogens (tertiary/aromatic N) is 2. The van der Waals surface area contributed by atoms with Crippen LogP contribution < -0.4 is 9.47 Å². The summed E-state index contributed by atoms with van der Waals surface area (Å²) in [6.07, 6.45) is 0.751. The van der Waals surface area contributed by atoms with Gasteiger partial charge in [-0.1, -0.05) is 11.3 Å². The van der Waals surface area contributed by atoms with Crippen molar-refractivity contribution in [1.82, 2.24) is 9.38 Å². The van der Waals surface area contributed by atoms with E-state index in [0.29, 0.717) is 58.2 Å². The topological polar surface area (TPSA) is 79.1 Å². The van der Waals surface area contributed by atoms with Crippen LogP contribution in [0.3, 0.4) is 0 Å². The second kappa shape index (κ2) is 6.45. The zero-order valence-corrected chi connectivity index (χ0v) is 15.1. The summed E-state index contributed by atoms with van der Waals surface area (Å²) in [7, 11) is 0. The Morgan fingerprint density at radius 3 is 2.85 bits per heavy atom. The van der Waals surface area contributed by atoms with Crippen LogP contribution in [-0.2, 0) is 4.74 Å². The zero-order valence-electron chi connectivity index (χ0n) is 14.3. The Labute approximate surface area is 153 Å². The van der Waals surface area contributed by atoms with E-state index in [1.165, 1.54) is 11.3 Å². The first kappa shape index (κ1) is 16.6. The van der Waals surface area contributed by atoms with E-state index in [1.54, 1.807) is 18.2 Å². The number of carbonyl (C=O) groups is 2. The average Bonchev–Trinajstić information content (AvgIpc) is 3.18. The molecule has 1 aliphatic heterocycles. The van der Waals surface area contributed by atoms with Gasteiger partial charge in [-0.05, 0) is 32.0 Å². The Kier molecular flexibility index (Phi) is 4.12. The van der Waals surface area contributed by atoms with E-state index in [0.717, 1.165) is 11.8 Å². The summed E-state index contributed by atoms with van der Waals surface area (Å²) in [5.74, 6) is 0.901. The fraction of sp³-hybridized carbons (Fsp3) is 0.278. The number of hydrogen-bond acceptors (Lipinski definition) is 7. The molecule has 0 saturated carbocycles. The monoisotopic (exact) mass is 372 g/mol. The number of aryl methyl sites for hydroxylation is 1.